The molecule has 3 nitrogen and oxygen atoms in total. The molecular formula is C28H35NO2. The molecule has 0 bridgehead atoms. The average molecular weight is 418 g/mol. The standard InChI is InChI=1S/C28H35NO2/c1-3-5-16-28(17-6-4-2)18-15-21-12-14-24(19-25(21)27(28)30)31-20-23-13-11-22-9-7-8-10-26(22)29-23/h7-14,19,27,30H,3-6,15-18,20H2,1-2H3. The Morgan fingerprint density at radius 2 is 1.77 bits per heavy atom. The van der Waals surface area contributed by atoms with E-state index in [2.05, 4.69) is 38.1 Å². The molecule has 3 aromatic rings. The number of hydrogen-bond acceptors (Lipinski definition) is 3. The molecule has 0 amide bonds. The minimum atomic E-state index is -0.406. The molecule has 0 saturated heterocycles. The van der Waals surface area contributed by atoms with E-state index in [1.165, 1.54) is 31.2 Å². The third-order valence-corrected chi connectivity index (χ3v) is 6.98. The van der Waals surface area contributed by atoms with Crippen molar-refractivity contribution in [3.63, 3.8) is 0 Å². The van der Waals surface area contributed by atoms with Crippen molar-refractivity contribution in [1.82, 2.24) is 4.98 Å². The van der Waals surface area contributed by atoms with Crippen LogP contribution in [0.4, 0.5) is 0 Å². The van der Waals surface area contributed by atoms with Gasteiger partial charge in [-0.3, -0.25) is 0 Å². The van der Waals surface area contributed by atoms with E-state index in [0.29, 0.717) is 6.61 Å². The molecule has 1 atom stereocenters. The maximum Gasteiger partial charge on any atom is 0.130 e. The Morgan fingerprint density at radius 3 is 2.55 bits per heavy atom. The number of aryl methyl sites for hydroxylation is 1. The van der Waals surface area contributed by atoms with Crippen LogP contribution in [0.15, 0.2) is 54.6 Å². The Hall–Kier alpha value is -2.39. The molecule has 0 aliphatic heterocycles. The van der Waals surface area contributed by atoms with Gasteiger partial charge in [-0.05, 0) is 61.1 Å². The van der Waals surface area contributed by atoms with E-state index in [9.17, 15) is 5.11 Å². The van der Waals surface area contributed by atoms with Crippen LogP contribution in [0, 0.1) is 5.41 Å². The average Bonchev–Trinajstić information content (AvgIpc) is 2.82. The first kappa shape index (κ1) is 21.8. The van der Waals surface area contributed by atoms with Crippen LogP contribution in [-0.4, -0.2) is 10.1 Å². The van der Waals surface area contributed by atoms with Gasteiger partial charge in [0.15, 0.2) is 0 Å². The number of benzene rings is 2. The molecule has 0 saturated carbocycles. The number of nitrogens with zero attached hydrogens (tertiary/aromatic N) is 1. The number of hydrogen-bond donors (Lipinski definition) is 1. The fraction of sp³-hybridized carbons (Fsp3) is 0.464. The van der Waals surface area contributed by atoms with Crippen LogP contribution in [0.1, 0.15) is 81.7 Å². The number of rotatable bonds is 9. The number of unbranched alkanes of at least 4 members (excludes halogenated alkanes) is 2. The first-order chi connectivity index (χ1) is 15.1. The SMILES string of the molecule is CCCCC1(CCCC)CCc2ccc(OCc3ccc4ccccc4n3)cc2C1O. The van der Waals surface area contributed by atoms with Crippen LogP contribution in [0.2, 0.25) is 0 Å². The van der Waals surface area contributed by atoms with Crippen LogP contribution in [0.5, 0.6) is 5.75 Å². The zero-order chi connectivity index (χ0) is 21.7. The van der Waals surface area contributed by atoms with Crippen LogP contribution < -0.4 is 4.74 Å². The van der Waals surface area contributed by atoms with Crippen molar-refractivity contribution in [2.75, 3.05) is 0 Å². The monoisotopic (exact) mass is 417 g/mol. The normalized spacial score (nSPS) is 17.5. The van der Waals surface area contributed by atoms with Gasteiger partial charge in [0.25, 0.3) is 0 Å². The molecule has 1 aliphatic rings. The van der Waals surface area contributed by atoms with Crippen molar-refractivity contribution in [2.24, 2.45) is 5.41 Å². The number of ether oxygens (including phenoxy) is 1. The van der Waals surface area contributed by atoms with Crippen LogP contribution >= 0.6 is 0 Å². The third kappa shape index (κ3) is 4.77. The molecule has 4 rings (SSSR count). The van der Waals surface area contributed by atoms with Crippen molar-refractivity contribution in [3.05, 3.63) is 71.4 Å². The number of pyridine rings is 1. The Labute approximate surface area is 186 Å². The van der Waals surface area contributed by atoms with E-state index in [4.69, 9.17) is 9.72 Å². The fourth-order valence-corrected chi connectivity index (χ4v) is 5.05. The smallest absolute Gasteiger partial charge is 0.130 e. The topological polar surface area (TPSA) is 42.4 Å². The second-order valence-electron chi connectivity index (χ2n) is 9.12. The van der Waals surface area contributed by atoms with E-state index in [1.807, 2.05) is 30.3 Å². The Morgan fingerprint density at radius 1 is 1.00 bits per heavy atom. The highest BCUT2D eigenvalue weighted by Crippen LogP contribution is 2.51. The summed E-state index contributed by atoms with van der Waals surface area (Å²) in [6.07, 6.45) is 8.66. The molecule has 1 aliphatic carbocycles. The number of para-hydroxylation sites is 1. The molecule has 2 aromatic carbocycles. The largest absolute Gasteiger partial charge is 0.487 e. The molecular weight excluding hydrogens is 382 g/mol. The first-order valence-electron chi connectivity index (χ1n) is 11.9. The lowest BCUT2D eigenvalue weighted by atomic mass is 9.64. The molecule has 0 radical (unpaired) electrons. The number of aliphatic hydroxyl groups is 1. The van der Waals surface area contributed by atoms with E-state index in [-0.39, 0.29) is 5.41 Å². The molecule has 0 spiro atoms. The van der Waals surface area contributed by atoms with Gasteiger partial charge in [0, 0.05) is 10.8 Å². The lowest BCUT2D eigenvalue weighted by molar-refractivity contribution is -0.00996. The van der Waals surface area contributed by atoms with E-state index >= 15 is 0 Å². The maximum atomic E-state index is 11.5. The fourth-order valence-electron chi connectivity index (χ4n) is 5.05. The third-order valence-electron chi connectivity index (χ3n) is 6.98. The summed E-state index contributed by atoms with van der Waals surface area (Å²) in [6, 6.07) is 18.5. The second kappa shape index (κ2) is 9.82. The summed E-state index contributed by atoms with van der Waals surface area (Å²) in [7, 11) is 0. The highest BCUT2D eigenvalue weighted by molar-refractivity contribution is 5.78. The first-order valence-corrected chi connectivity index (χ1v) is 11.9. The number of aromatic nitrogens is 1. The summed E-state index contributed by atoms with van der Waals surface area (Å²) in [6.45, 7) is 4.91. The van der Waals surface area contributed by atoms with Gasteiger partial charge in [-0.15, -0.1) is 0 Å². The Balaban J connectivity index is 1.52. The van der Waals surface area contributed by atoms with Crippen molar-refractivity contribution < 1.29 is 9.84 Å². The number of fused-ring (bicyclic) bond motifs is 2. The summed E-state index contributed by atoms with van der Waals surface area (Å²) in [5.41, 5.74) is 4.26. The van der Waals surface area contributed by atoms with Gasteiger partial charge in [0.1, 0.15) is 12.4 Å². The lowest BCUT2D eigenvalue weighted by Crippen LogP contribution is -2.34. The summed E-state index contributed by atoms with van der Waals surface area (Å²) in [5, 5.41) is 12.6. The van der Waals surface area contributed by atoms with Gasteiger partial charge in [0.05, 0.1) is 17.3 Å². The van der Waals surface area contributed by atoms with Crippen molar-refractivity contribution >= 4 is 10.9 Å². The summed E-state index contributed by atoms with van der Waals surface area (Å²) >= 11 is 0. The lowest BCUT2D eigenvalue weighted by Gasteiger charge is -2.43. The zero-order valence-corrected chi connectivity index (χ0v) is 18.9. The summed E-state index contributed by atoms with van der Waals surface area (Å²) in [4.78, 5) is 4.71. The molecule has 164 valence electrons. The zero-order valence-electron chi connectivity index (χ0n) is 18.9. The van der Waals surface area contributed by atoms with Gasteiger partial charge < -0.3 is 9.84 Å². The van der Waals surface area contributed by atoms with Crippen LogP contribution in [0.3, 0.4) is 0 Å². The molecule has 31 heavy (non-hydrogen) atoms. The second-order valence-corrected chi connectivity index (χ2v) is 9.12. The summed E-state index contributed by atoms with van der Waals surface area (Å²) < 4.78 is 6.11. The molecule has 1 N–H and O–H groups in total. The number of aliphatic hydroxyl groups excluding tert-OH is 1. The highest BCUT2D eigenvalue weighted by Gasteiger charge is 2.41. The molecule has 1 aromatic heterocycles. The molecule has 0 fully saturated rings. The molecule has 1 unspecified atom stereocenters. The predicted molar refractivity (Wildman–Crippen MR) is 127 cm³/mol. The van der Waals surface area contributed by atoms with Crippen molar-refractivity contribution in [2.45, 2.75) is 77.9 Å². The van der Waals surface area contributed by atoms with E-state index in [1.54, 1.807) is 0 Å². The van der Waals surface area contributed by atoms with Gasteiger partial charge in [0.2, 0.25) is 0 Å². The summed E-state index contributed by atoms with van der Waals surface area (Å²) in [5.74, 6) is 0.814. The maximum absolute atomic E-state index is 11.5. The molecule has 1 heterocycles. The van der Waals surface area contributed by atoms with Gasteiger partial charge in [-0.2, -0.15) is 0 Å². The van der Waals surface area contributed by atoms with Crippen molar-refractivity contribution in [1.29, 1.82) is 0 Å². The van der Waals surface area contributed by atoms with Crippen molar-refractivity contribution in [3.8, 4) is 5.75 Å². The minimum Gasteiger partial charge on any atom is -0.487 e. The van der Waals surface area contributed by atoms with Gasteiger partial charge in [-0.1, -0.05) is 69.9 Å². The van der Waals surface area contributed by atoms with E-state index in [0.717, 1.165) is 53.6 Å². The Kier molecular flexibility index (Phi) is 6.92. The van der Waals surface area contributed by atoms with Crippen LogP contribution in [-0.2, 0) is 13.0 Å². The highest BCUT2D eigenvalue weighted by atomic mass is 16.5. The quantitative estimate of drug-likeness (QED) is 0.401. The Bertz CT molecular complexity index is 1000. The van der Waals surface area contributed by atoms with Crippen LogP contribution in [0.25, 0.3) is 10.9 Å². The van der Waals surface area contributed by atoms with E-state index < -0.39 is 6.10 Å². The molecule has 3 heteroatoms. The van der Waals surface area contributed by atoms with Gasteiger partial charge >= 0.3 is 0 Å². The predicted octanol–water partition coefficient (Wildman–Crippen LogP) is 7.16. The van der Waals surface area contributed by atoms with Gasteiger partial charge in [-0.25, -0.2) is 4.98 Å². The minimum absolute atomic E-state index is 0.0115.